The van der Waals surface area contributed by atoms with Gasteiger partial charge in [0.25, 0.3) is 0 Å². The van der Waals surface area contributed by atoms with Crippen molar-refractivity contribution in [2.75, 3.05) is 0 Å². The Bertz CT molecular complexity index is 382. The van der Waals surface area contributed by atoms with E-state index in [0.717, 1.165) is 17.6 Å². The number of allylic oxidation sites excluding steroid dienone is 3. The van der Waals surface area contributed by atoms with Crippen LogP contribution in [0.1, 0.15) is 32.8 Å². The molecule has 0 heterocycles. The van der Waals surface area contributed by atoms with Crippen LogP contribution in [-0.2, 0) is 0 Å². The average Bonchev–Trinajstić information content (AvgIpc) is 2.16. The Morgan fingerprint density at radius 3 is 2.38 bits per heavy atom. The zero-order valence-corrected chi connectivity index (χ0v) is 10.3. The average molecular weight is 218 g/mol. The fourth-order valence-corrected chi connectivity index (χ4v) is 1.75. The summed E-state index contributed by atoms with van der Waals surface area (Å²) in [5, 5.41) is 0. The van der Waals surface area contributed by atoms with E-state index in [4.69, 9.17) is 0 Å². The molecule has 1 aromatic rings. The van der Waals surface area contributed by atoms with Gasteiger partial charge in [-0.25, -0.2) is 4.39 Å². The molecular formula is C15H19F. The van der Waals surface area contributed by atoms with Crippen LogP contribution < -0.4 is 0 Å². The fourth-order valence-electron chi connectivity index (χ4n) is 1.75. The standard InChI is InChI=1S/C15H19F/c1-11(2)9-12(3)10-13(4)14-5-7-15(16)8-6-14/h5-8,10-11H,4,9H2,1-3H3/b12-10+. The van der Waals surface area contributed by atoms with Crippen molar-refractivity contribution in [3.05, 3.63) is 53.9 Å². The summed E-state index contributed by atoms with van der Waals surface area (Å²) in [6.07, 6.45) is 3.15. The van der Waals surface area contributed by atoms with Crippen LogP contribution >= 0.6 is 0 Å². The second kappa shape index (κ2) is 5.64. The maximum atomic E-state index is 12.7. The number of benzene rings is 1. The van der Waals surface area contributed by atoms with Gasteiger partial charge in [0, 0.05) is 0 Å². The van der Waals surface area contributed by atoms with Gasteiger partial charge in [-0.15, -0.1) is 0 Å². The molecule has 0 amide bonds. The van der Waals surface area contributed by atoms with Gasteiger partial charge in [0.1, 0.15) is 5.82 Å². The van der Waals surface area contributed by atoms with Crippen LogP contribution in [0.3, 0.4) is 0 Å². The smallest absolute Gasteiger partial charge is 0.123 e. The lowest BCUT2D eigenvalue weighted by molar-refractivity contribution is 0.627. The van der Waals surface area contributed by atoms with Crippen molar-refractivity contribution in [2.45, 2.75) is 27.2 Å². The summed E-state index contributed by atoms with van der Waals surface area (Å²) in [5.74, 6) is 0.441. The predicted octanol–water partition coefficient (Wildman–Crippen LogP) is 4.83. The molecule has 0 spiro atoms. The van der Waals surface area contributed by atoms with Crippen molar-refractivity contribution in [3.63, 3.8) is 0 Å². The minimum absolute atomic E-state index is 0.209. The van der Waals surface area contributed by atoms with Gasteiger partial charge in [-0.3, -0.25) is 0 Å². The third-order valence-electron chi connectivity index (χ3n) is 2.37. The van der Waals surface area contributed by atoms with E-state index in [1.54, 1.807) is 12.1 Å². The normalized spacial score (nSPS) is 11.9. The molecule has 0 aromatic heterocycles. The highest BCUT2D eigenvalue weighted by Gasteiger charge is 1.99. The van der Waals surface area contributed by atoms with Crippen molar-refractivity contribution < 1.29 is 4.39 Å². The van der Waals surface area contributed by atoms with Crippen molar-refractivity contribution in [1.82, 2.24) is 0 Å². The molecule has 0 atom stereocenters. The SMILES string of the molecule is C=C(/C=C(\C)CC(C)C)c1ccc(F)cc1. The van der Waals surface area contributed by atoms with E-state index in [2.05, 4.69) is 33.4 Å². The van der Waals surface area contributed by atoms with Crippen LogP contribution in [0.25, 0.3) is 5.57 Å². The Kier molecular flexibility index (Phi) is 4.48. The van der Waals surface area contributed by atoms with Crippen LogP contribution in [0.4, 0.5) is 4.39 Å². The molecule has 0 saturated carbocycles. The number of rotatable bonds is 4. The fraction of sp³-hybridized carbons (Fsp3) is 0.333. The molecule has 0 saturated heterocycles. The summed E-state index contributed by atoms with van der Waals surface area (Å²) in [7, 11) is 0. The molecule has 1 rings (SSSR count). The molecule has 0 aliphatic rings. The van der Waals surface area contributed by atoms with Crippen LogP contribution in [0.5, 0.6) is 0 Å². The molecule has 1 aromatic carbocycles. The van der Waals surface area contributed by atoms with Crippen LogP contribution in [0, 0.1) is 11.7 Å². The molecule has 0 fully saturated rings. The van der Waals surface area contributed by atoms with Gasteiger partial charge in [-0.1, -0.05) is 44.2 Å². The first kappa shape index (κ1) is 12.7. The lowest BCUT2D eigenvalue weighted by atomic mass is 10.00. The summed E-state index contributed by atoms with van der Waals surface area (Å²) in [4.78, 5) is 0. The van der Waals surface area contributed by atoms with Crippen LogP contribution in [0.15, 0.2) is 42.5 Å². The van der Waals surface area contributed by atoms with Gasteiger partial charge in [0.2, 0.25) is 0 Å². The Hall–Kier alpha value is -1.37. The van der Waals surface area contributed by atoms with Gasteiger partial charge in [0.15, 0.2) is 0 Å². The topological polar surface area (TPSA) is 0 Å². The van der Waals surface area contributed by atoms with Crippen molar-refractivity contribution in [3.8, 4) is 0 Å². The minimum Gasteiger partial charge on any atom is -0.207 e. The molecule has 1 heteroatoms. The van der Waals surface area contributed by atoms with E-state index >= 15 is 0 Å². The maximum absolute atomic E-state index is 12.7. The Balaban J connectivity index is 2.75. The molecule has 0 N–H and O–H groups in total. The first-order valence-corrected chi connectivity index (χ1v) is 5.61. The second-order valence-electron chi connectivity index (χ2n) is 4.62. The first-order chi connectivity index (χ1) is 7.49. The van der Waals surface area contributed by atoms with E-state index in [1.165, 1.54) is 17.7 Å². The maximum Gasteiger partial charge on any atom is 0.123 e. The van der Waals surface area contributed by atoms with Gasteiger partial charge in [-0.2, -0.15) is 0 Å². The molecule has 0 aliphatic carbocycles. The highest BCUT2D eigenvalue weighted by molar-refractivity contribution is 5.72. The minimum atomic E-state index is -0.209. The summed E-state index contributed by atoms with van der Waals surface area (Å²) >= 11 is 0. The quantitative estimate of drug-likeness (QED) is 0.635. The second-order valence-corrected chi connectivity index (χ2v) is 4.62. The number of hydrogen-bond donors (Lipinski definition) is 0. The lowest BCUT2D eigenvalue weighted by Crippen LogP contribution is -1.89. The zero-order chi connectivity index (χ0) is 12.1. The largest absolute Gasteiger partial charge is 0.207 e. The molecule has 86 valence electrons. The van der Waals surface area contributed by atoms with Gasteiger partial charge in [-0.05, 0) is 42.5 Å². The van der Waals surface area contributed by atoms with E-state index in [1.807, 2.05) is 0 Å². The molecule has 0 unspecified atom stereocenters. The third kappa shape index (κ3) is 4.01. The highest BCUT2D eigenvalue weighted by Crippen LogP contribution is 2.19. The number of halogens is 1. The molecule has 16 heavy (non-hydrogen) atoms. The van der Waals surface area contributed by atoms with Gasteiger partial charge in [0.05, 0.1) is 0 Å². The zero-order valence-electron chi connectivity index (χ0n) is 10.3. The molecule has 0 nitrogen and oxygen atoms in total. The van der Waals surface area contributed by atoms with E-state index in [-0.39, 0.29) is 5.82 Å². The van der Waals surface area contributed by atoms with E-state index < -0.39 is 0 Å². The van der Waals surface area contributed by atoms with Gasteiger partial charge >= 0.3 is 0 Å². The molecule has 0 aliphatic heterocycles. The number of hydrogen-bond acceptors (Lipinski definition) is 0. The molecule has 0 bridgehead atoms. The monoisotopic (exact) mass is 218 g/mol. The van der Waals surface area contributed by atoms with Crippen molar-refractivity contribution in [2.24, 2.45) is 5.92 Å². The van der Waals surface area contributed by atoms with Crippen LogP contribution in [0.2, 0.25) is 0 Å². The van der Waals surface area contributed by atoms with Gasteiger partial charge < -0.3 is 0 Å². The van der Waals surface area contributed by atoms with E-state index in [0.29, 0.717) is 5.92 Å². The van der Waals surface area contributed by atoms with Crippen LogP contribution in [-0.4, -0.2) is 0 Å². The molecular weight excluding hydrogens is 199 g/mol. The predicted molar refractivity (Wildman–Crippen MR) is 68.6 cm³/mol. The third-order valence-corrected chi connectivity index (χ3v) is 2.37. The van der Waals surface area contributed by atoms with E-state index in [9.17, 15) is 4.39 Å². The lowest BCUT2D eigenvalue weighted by Gasteiger charge is -2.06. The first-order valence-electron chi connectivity index (χ1n) is 5.61. The Morgan fingerprint density at radius 1 is 1.31 bits per heavy atom. The van der Waals surface area contributed by atoms with Crippen molar-refractivity contribution >= 4 is 5.57 Å². The summed E-state index contributed by atoms with van der Waals surface area (Å²) in [6.45, 7) is 10.5. The highest BCUT2D eigenvalue weighted by atomic mass is 19.1. The molecule has 0 radical (unpaired) electrons. The Morgan fingerprint density at radius 2 is 1.88 bits per heavy atom. The summed E-state index contributed by atoms with van der Waals surface area (Å²) in [6, 6.07) is 6.45. The Labute approximate surface area is 97.5 Å². The summed E-state index contributed by atoms with van der Waals surface area (Å²) < 4.78 is 12.7. The van der Waals surface area contributed by atoms with Crippen molar-refractivity contribution in [1.29, 1.82) is 0 Å². The summed E-state index contributed by atoms with van der Waals surface area (Å²) in [5.41, 5.74) is 3.23.